The van der Waals surface area contributed by atoms with Crippen molar-refractivity contribution < 1.29 is 19.4 Å². The first-order chi connectivity index (χ1) is 27.1. The molecular formula is C42H49N9O5. The monoisotopic (exact) mass is 759 g/mol. The maximum atomic E-state index is 13.2. The standard InChI is InChI=1S/C42H49N9O5/c1-47(26-27-12-14-29(15-13-27)49-18-20-50(21-19-49)36-25-33(45-46-40(36)43)32-9-3-4-11-37(32)52)30-23-31(24-30)56-22-6-8-28-7-5-10-34-39(28)48(2)42(55)51(34)35-16-17-38(53)44-41(35)54/h3-5,7,9-15,25,30-31,35,52H,6,8,16-24,26H2,1-2H3,(H2,43,46)(H,44,53,54). The summed E-state index contributed by atoms with van der Waals surface area (Å²) in [6, 6.07) is 23.5. The summed E-state index contributed by atoms with van der Waals surface area (Å²) < 4.78 is 9.41. The fraction of sp³-hybridized carbons (Fsp3) is 0.405. The van der Waals surface area contributed by atoms with Crippen LogP contribution in [0, 0.1) is 0 Å². The van der Waals surface area contributed by atoms with Crippen LogP contribution in [-0.2, 0) is 34.3 Å². The molecule has 2 aromatic heterocycles. The molecule has 1 aliphatic carbocycles. The molecule has 3 aliphatic rings. The van der Waals surface area contributed by atoms with Crippen molar-refractivity contribution in [2.24, 2.45) is 7.05 Å². The Morgan fingerprint density at radius 2 is 1.70 bits per heavy atom. The lowest BCUT2D eigenvalue weighted by Crippen LogP contribution is -2.47. The maximum absolute atomic E-state index is 13.2. The molecular weight excluding hydrogens is 711 g/mol. The lowest BCUT2D eigenvalue weighted by atomic mass is 9.88. The number of aryl methyl sites for hydroxylation is 2. The van der Waals surface area contributed by atoms with Gasteiger partial charge in [0.15, 0.2) is 5.82 Å². The third-order valence-electron chi connectivity index (χ3n) is 11.7. The highest BCUT2D eigenvalue weighted by atomic mass is 16.5. The van der Waals surface area contributed by atoms with E-state index in [1.165, 1.54) is 15.8 Å². The largest absolute Gasteiger partial charge is 0.507 e. The van der Waals surface area contributed by atoms with Crippen molar-refractivity contribution in [3.8, 4) is 17.0 Å². The minimum absolute atomic E-state index is 0.164. The smallest absolute Gasteiger partial charge is 0.329 e. The number of hydrogen-bond acceptors (Lipinski definition) is 11. The summed E-state index contributed by atoms with van der Waals surface area (Å²) in [4.78, 5) is 44.6. The highest BCUT2D eigenvalue weighted by Gasteiger charge is 2.33. The quantitative estimate of drug-likeness (QED) is 0.125. The Morgan fingerprint density at radius 3 is 2.45 bits per heavy atom. The van der Waals surface area contributed by atoms with Crippen LogP contribution in [0.2, 0.25) is 0 Å². The molecule has 56 heavy (non-hydrogen) atoms. The molecule has 1 atom stereocenters. The van der Waals surface area contributed by atoms with Crippen LogP contribution >= 0.6 is 0 Å². The Balaban J connectivity index is 0.778. The molecule has 3 fully saturated rings. The van der Waals surface area contributed by atoms with Gasteiger partial charge in [-0.3, -0.25) is 28.9 Å². The number of nitrogens with zero attached hydrogens (tertiary/aromatic N) is 7. The van der Waals surface area contributed by atoms with Gasteiger partial charge in [0.2, 0.25) is 11.8 Å². The average molecular weight is 760 g/mol. The SMILES string of the molecule is CN(Cc1ccc(N2CCN(c3cc(-c4ccccc4O)nnc3N)CC2)cc1)C1CC(OCCCc2cccc3c2n(C)c(=O)n3C2CCC(=O)NC2=O)C1. The number of anilines is 3. The van der Waals surface area contributed by atoms with Gasteiger partial charge in [-0.2, -0.15) is 0 Å². The van der Waals surface area contributed by atoms with Gasteiger partial charge in [-0.1, -0.05) is 36.4 Å². The number of nitrogens with two attached hydrogens (primary N) is 1. The van der Waals surface area contributed by atoms with Gasteiger partial charge in [-0.25, -0.2) is 4.79 Å². The van der Waals surface area contributed by atoms with Crippen LogP contribution in [0.3, 0.4) is 0 Å². The lowest BCUT2D eigenvalue weighted by Gasteiger charge is -2.41. The van der Waals surface area contributed by atoms with Crippen LogP contribution in [0.25, 0.3) is 22.3 Å². The Kier molecular flexibility index (Phi) is 10.5. The van der Waals surface area contributed by atoms with Crippen LogP contribution in [-0.4, -0.2) is 93.1 Å². The summed E-state index contributed by atoms with van der Waals surface area (Å²) in [6.07, 6.45) is 4.37. The zero-order chi connectivity index (χ0) is 38.9. The first-order valence-electron chi connectivity index (χ1n) is 19.5. The van der Waals surface area contributed by atoms with Crippen molar-refractivity contribution in [2.45, 2.75) is 63.3 Å². The van der Waals surface area contributed by atoms with E-state index in [4.69, 9.17) is 10.5 Å². The second-order valence-corrected chi connectivity index (χ2v) is 15.3. The van der Waals surface area contributed by atoms with Crippen molar-refractivity contribution in [3.63, 3.8) is 0 Å². The molecule has 2 amide bonds. The van der Waals surface area contributed by atoms with E-state index in [9.17, 15) is 19.5 Å². The minimum Gasteiger partial charge on any atom is -0.507 e. The number of carbonyl (C=O) groups is 2. The number of aromatic nitrogens is 4. The van der Waals surface area contributed by atoms with Crippen LogP contribution in [0.5, 0.6) is 5.75 Å². The zero-order valence-corrected chi connectivity index (χ0v) is 31.9. The van der Waals surface area contributed by atoms with E-state index in [2.05, 4.69) is 61.5 Å². The number of benzene rings is 3. The zero-order valence-electron chi connectivity index (χ0n) is 31.9. The van der Waals surface area contributed by atoms with E-state index in [-0.39, 0.29) is 29.9 Å². The second kappa shape index (κ2) is 15.8. The number of hydrogen-bond donors (Lipinski definition) is 3. The number of phenolic OH excluding ortho intramolecular Hbond substituents is 1. The number of nitrogens with one attached hydrogen (secondary N) is 1. The number of imidazole rings is 1. The van der Waals surface area contributed by atoms with Crippen LogP contribution in [0.4, 0.5) is 17.2 Å². The molecule has 0 bridgehead atoms. The normalized spacial score (nSPS) is 20.1. The number of ether oxygens (including phenoxy) is 1. The molecule has 292 valence electrons. The third-order valence-corrected chi connectivity index (χ3v) is 11.7. The number of nitrogen functional groups attached to an aromatic ring is 1. The summed E-state index contributed by atoms with van der Waals surface area (Å²) >= 11 is 0. The Labute approximate surface area is 325 Å². The molecule has 8 rings (SSSR count). The number of aromatic hydroxyl groups is 1. The van der Waals surface area contributed by atoms with Gasteiger partial charge in [0.1, 0.15) is 11.8 Å². The fourth-order valence-electron chi connectivity index (χ4n) is 8.40. The van der Waals surface area contributed by atoms with Gasteiger partial charge in [0.05, 0.1) is 28.5 Å². The highest BCUT2D eigenvalue weighted by molar-refractivity contribution is 6.00. The summed E-state index contributed by atoms with van der Waals surface area (Å²) in [5, 5.41) is 21.1. The number of imide groups is 1. The number of piperazine rings is 1. The number of phenols is 1. The van der Waals surface area contributed by atoms with Gasteiger partial charge >= 0.3 is 5.69 Å². The van der Waals surface area contributed by atoms with E-state index >= 15 is 0 Å². The summed E-state index contributed by atoms with van der Waals surface area (Å²) in [5.74, 6) is -0.171. The topological polar surface area (TPSA) is 164 Å². The summed E-state index contributed by atoms with van der Waals surface area (Å²) in [6.45, 7) is 4.81. The molecule has 3 aromatic carbocycles. The molecule has 4 N–H and O–H groups in total. The van der Waals surface area contributed by atoms with Gasteiger partial charge in [0, 0.05) is 70.1 Å². The first kappa shape index (κ1) is 37.2. The molecule has 14 heteroatoms. The molecule has 2 saturated heterocycles. The van der Waals surface area contributed by atoms with Crippen molar-refractivity contribution in [2.75, 3.05) is 55.4 Å². The molecule has 5 aromatic rings. The second-order valence-electron chi connectivity index (χ2n) is 15.3. The maximum Gasteiger partial charge on any atom is 0.329 e. The predicted molar refractivity (Wildman–Crippen MR) is 216 cm³/mol. The molecule has 1 saturated carbocycles. The van der Waals surface area contributed by atoms with E-state index in [0.717, 1.165) is 80.7 Å². The lowest BCUT2D eigenvalue weighted by molar-refractivity contribution is -0.135. The van der Waals surface area contributed by atoms with E-state index in [1.54, 1.807) is 23.7 Å². The van der Waals surface area contributed by atoms with E-state index in [1.807, 2.05) is 36.4 Å². The van der Waals surface area contributed by atoms with Gasteiger partial charge in [-0.05, 0) is 86.7 Å². The minimum atomic E-state index is -0.689. The van der Waals surface area contributed by atoms with E-state index < -0.39 is 11.9 Å². The van der Waals surface area contributed by atoms with Crippen molar-refractivity contribution >= 4 is 40.0 Å². The number of amides is 2. The number of carbonyl (C=O) groups excluding carboxylic acids is 2. The van der Waals surface area contributed by atoms with Crippen molar-refractivity contribution in [1.29, 1.82) is 0 Å². The van der Waals surface area contributed by atoms with Crippen LogP contribution in [0.15, 0.2) is 77.6 Å². The van der Waals surface area contributed by atoms with Crippen LogP contribution < -0.4 is 26.5 Å². The molecule has 4 heterocycles. The average Bonchev–Trinajstić information content (AvgIpc) is 3.44. The van der Waals surface area contributed by atoms with Gasteiger partial charge < -0.3 is 25.4 Å². The number of para-hydroxylation sites is 2. The van der Waals surface area contributed by atoms with Crippen LogP contribution in [0.1, 0.15) is 49.3 Å². The van der Waals surface area contributed by atoms with Crippen molar-refractivity contribution in [1.82, 2.24) is 29.5 Å². The summed E-state index contributed by atoms with van der Waals surface area (Å²) in [5.41, 5.74) is 13.1. The first-order valence-corrected chi connectivity index (χ1v) is 19.5. The Hall–Kier alpha value is -5.73. The number of piperidine rings is 1. The molecule has 2 aliphatic heterocycles. The Morgan fingerprint density at radius 1 is 0.946 bits per heavy atom. The molecule has 1 unspecified atom stereocenters. The number of rotatable bonds is 12. The molecule has 0 spiro atoms. The third kappa shape index (κ3) is 7.46. The summed E-state index contributed by atoms with van der Waals surface area (Å²) in [7, 11) is 3.93. The number of fused-ring (bicyclic) bond motifs is 1. The predicted octanol–water partition coefficient (Wildman–Crippen LogP) is 4.00. The van der Waals surface area contributed by atoms with Crippen molar-refractivity contribution in [3.05, 3.63) is 94.4 Å². The fourth-order valence-corrected chi connectivity index (χ4v) is 8.40. The van der Waals surface area contributed by atoms with Gasteiger partial charge in [-0.15, -0.1) is 10.2 Å². The Bertz CT molecular complexity index is 2290. The van der Waals surface area contributed by atoms with E-state index in [0.29, 0.717) is 36.1 Å². The molecule has 0 radical (unpaired) electrons. The molecule has 14 nitrogen and oxygen atoms in total. The van der Waals surface area contributed by atoms with Gasteiger partial charge in [0.25, 0.3) is 0 Å². The highest BCUT2D eigenvalue weighted by Crippen LogP contribution is 2.33.